The van der Waals surface area contributed by atoms with Crippen LogP contribution in [0, 0.1) is 0 Å². The molecule has 0 spiro atoms. The van der Waals surface area contributed by atoms with Gasteiger partial charge < -0.3 is 25.2 Å². The van der Waals surface area contributed by atoms with E-state index in [1.165, 1.54) is 56.5 Å². The molecule has 16 heteroatoms. The molecule has 12 aromatic carbocycles. The second-order valence-corrected chi connectivity index (χ2v) is 30.0. The molecule has 15 nitrogen and oxygen atoms in total. The number of nitrogens with one attached hydrogen (secondary N) is 2. The number of aryl methyl sites for hydroxylation is 8. The first-order valence-corrected chi connectivity index (χ1v) is 42.6. The van der Waals surface area contributed by atoms with E-state index >= 15 is 0 Å². The largest absolute Gasteiger partial charge is 0.478 e. The molecule has 0 radical (unpaired) electrons. The van der Waals surface area contributed by atoms with Gasteiger partial charge in [-0.15, -0.1) is 6.58 Å². The third kappa shape index (κ3) is 41.7. The number of amides is 2. The highest BCUT2D eigenvalue weighted by atomic mass is 79.9. The smallest absolute Gasteiger partial charge is 0.335 e. The number of hydrogen-bond donors (Lipinski definition) is 7. The number of carbonyl (C=O) groups is 6. The molecule has 0 aromatic heterocycles. The molecular weight excluding hydrogens is 1600 g/mol. The Bertz CT molecular complexity index is 5020. The number of carboxylic acids is 4. The van der Waals surface area contributed by atoms with Crippen LogP contribution < -0.4 is 11.0 Å². The molecule has 0 saturated carbocycles. The van der Waals surface area contributed by atoms with Gasteiger partial charge in [-0.3, -0.25) is 14.8 Å². The van der Waals surface area contributed by atoms with Crippen molar-refractivity contribution in [3.63, 3.8) is 0 Å². The molecule has 12 aromatic rings. The first-order chi connectivity index (χ1) is 60.0. The molecule has 1 atom stereocenters. The van der Waals surface area contributed by atoms with E-state index in [0.29, 0.717) is 40.0 Å². The average molecular weight is 1720 g/mol. The van der Waals surface area contributed by atoms with Crippen molar-refractivity contribution >= 4 is 57.7 Å². The fourth-order valence-corrected chi connectivity index (χ4v) is 12.9. The highest BCUT2D eigenvalue weighted by molar-refractivity contribution is 9.10. The molecule has 1 aliphatic rings. The Morgan fingerprint density at radius 3 is 0.959 bits per heavy atom. The topological polar surface area (TPSA) is 246 Å². The number of hydrogen-bond acceptors (Lipinski definition) is 9. The molecule has 1 saturated heterocycles. The van der Waals surface area contributed by atoms with Crippen LogP contribution >= 0.6 is 15.9 Å². The zero-order valence-electron chi connectivity index (χ0n) is 69.8. The number of hydroxylamine groups is 2. The van der Waals surface area contributed by atoms with Crippen molar-refractivity contribution in [3.05, 3.63) is 458 Å². The predicted molar refractivity (Wildman–Crippen MR) is 499 cm³/mol. The minimum atomic E-state index is -0.896. The lowest BCUT2D eigenvalue weighted by atomic mass is 10.0. The van der Waals surface area contributed by atoms with Crippen molar-refractivity contribution in [3.8, 4) is 0 Å². The maximum atomic E-state index is 12.1. The summed E-state index contributed by atoms with van der Waals surface area (Å²) in [6, 6.07) is 105. The van der Waals surface area contributed by atoms with Gasteiger partial charge in [-0.1, -0.05) is 289 Å². The van der Waals surface area contributed by atoms with Gasteiger partial charge in [-0.05, 0) is 275 Å². The summed E-state index contributed by atoms with van der Waals surface area (Å²) in [6.45, 7) is 4.37. The molecule has 1 unspecified atom stereocenters. The number of aromatic carboxylic acids is 4. The van der Waals surface area contributed by atoms with E-state index in [1.807, 2.05) is 140 Å². The van der Waals surface area contributed by atoms with Crippen molar-refractivity contribution in [2.75, 3.05) is 6.61 Å². The van der Waals surface area contributed by atoms with Crippen molar-refractivity contribution in [1.29, 1.82) is 0 Å². The van der Waals surface area contributed by atoms with Gasteiger partial charge in [0.2, 0.25) is 0 Å². The summed E-state index contributed by atoms with van der Waals surface area (Å²) >= 11 is 3.20. The van der Waals surface area contributed by atoms with Gasteiger partial charge in [0.05, 0.1) is 22.3 Å². The molecule has 123 heavy (non-hydrogen) atoms. The summed E-state index contributed by atoms with van der Waals surface area (Å²) in [6.07, 6.45) is 32.1. The van der Waals surface area contributed by atoms with Gasteiger partial charge in [0.15, 0.2) is 6.29 Å². The highest BCUT2D eigenvalue weighted by Gasteiger charge is 2.17. The molecule has 1 heterocycles. The van der Waals surface area contributed by atoms with E-state index in [9.17, 15) is 28.8 Å². The Morgan fingerprint density at radius 1 is 0.350 bits per heavy atom. The second-order valence-electron chi connectivity index (χ2n) is 29.1. The van der Waals surface area contributed by atoms with E-state index < -0.39 is 29.8 Å². The van der Waals surface area contributed by atoms with Gasteiger partial charge >= 0.3 is 23.9 Å². The summed E-state index contributed by atoms with van der Waals surface area (Å²) in [7, 11) is 0. The number of allylic oxidation sites excluding steroid dienone is 4. The Balaban J connectivity index is 0.000000228. The molecule has 7 N–H and O–H groups in total. The van der Waals surface area contributed by atoms with Crippen molar-refractivity contribution < 1.29 is 65.4 Å². The SMILES string of the molecule is C=CCCc1ccccc1.O=C(NO)c1ccc(CCCCc2ccccc2)cc1.O=C(NOC1CCCCO1)c1ccc(CCCCc2ccccc2)cc1.O=C(O)c1ccc(/C=C/CCc2ccccc2)cc1.O=C(O)c1ccc(Br)cc1.O=C(O)c1ccc(C/C=C/Cc2ccccc2)cc1.O=C(O)c1ccc(CCCCc2ccccc2)cc1.[HH]. The Kier molecular flexibility index (Phi) is 46.5. The van der Waals surface area contributed by atoms with E-state index in [4.69, 9.17) is 35.2 Å². The molecule has 0 aliphatic carbocycles. The standard InChI is InChI=1S/C22H27NO3.C17H19NO2.C17H18O2.2C17H16O2.C10H12.C7H5BrO2.H2/c24-22(23-26-21-12-6-7-17-25-21)20-15-13-19(14-16-20)11-5-4-10-18-8-2-1-3-9-18;19-17(18-20)16-12-10-15(11-13-16)9-5-4-8-14-6-2-1-3-7-14;3*18-17(19)16-12-10-15(11-13-16)9-5-4-8-14-6-2-1-3-7-14;1-2-3-7-10-8-5-4-6-9-10;8-6-3-1-5(2-4-6)7(9)10;/h1-3,8-9,13-16,21H,4-7,10-12,17H2,(H,23,24);1-3,6-7,10-13,20H,4-5,8-9H2,(H,18,19);1-3,6-7,10-13H,4-5,8-9H2,(H,18,19);1-3,5-7,9-13H,4,8H2,(H,18,19);1-7,10-13H,8-9H2,(H,18,19);2,4-6,8-9H,1,3,7H2;1-4H,(H,9,10);1H/b;;;9-5+;5-4+;;;. The number of rotatable bonds is 34. The van der Waals surface area contributed by atoms with Crippen LogP contribution in [0.25, 0.3) is 6.08 Å². The number of halogens is 1. The Hall–Kier alpha value is -13.0. The molecular formula is C107H115BrN2O13. The van der Waals surface area contributed by atoms with Gasteiger partial charge in [0.25, 0.3) is 11.8 Å². The first-order valence-electron chi connectivity index (χ1n) is 41.8. The lowest BCUT2D eigenvalue weighted by molar-refractivity contribution is -0.186. The van der Waals surface area contributed by atoms with Crippen LogP contribution in [0.2, 0.25) is 0 Å². The van der Waals surface area contributed by atoms with Crippen LogP contribution in [0.5, 0.6) is 0 Å². The van der Waals surface area contributed by atoms with Crippen molar-refractivity contribution in [2.45, 2.75) is 141 Å². The third-order valence-corrected chi connectivity index (χ3v) is 20.2. The monoisotopic (exact) mass is 1710 g/mol. The number of carbonyl (C=O) groups excluding carboxylic acids is 2. The quantitative estimate of drug-likeness (QED) is 0.00860. The normalized spacial score (nSPS) is 11.7. The predicted octanol–water partition coefficient (Wildman–Crippen LogP) is 24.7. The highest BCUT2D eigenvalue weighted by Crippen LogP contribution is 2.19. The average Bonchev–Trinajstić information content (AvgIpc) is 0.833. The Morgan fingerprint density at radius 2 is 0.634 bits per heavy atom. The van der Waals surface area contributed by atoms with Gasteiger partial charge in [0.1, 0.15) is 0 Å². The van der Waals surface area contributed by atoms with Gasteiger partial charge in [0, 0.05) is 30.1 Å². The van der Waals surface area contributed by atoms with E-state index in [0.717, 1.165) is 144 Å². The fraction of sp³-hybridized carbons (Fsp3) is 0.215. The molecule has 638 valence electrons. The summed E-state index contributed by atoms with van der Waals surface area (Å²) in [4.78, 5) is 71.1. The number of ether oxygens (including phenoxy) is 1. The van der Waals surface area contributed by atoms with Crippen LogP contribution in [-0.2, 0) is 73.8 Å². The van der Waals surface area contributed by atoms with Crippen LogP contribution in [-0.4, -0.2) is 74.2 Å². The first kappa shape index (κ1) is 97.2. The number of benzene rings is 12. The van der Waals surface area contributed by atoms with Crippen molar-refractivity contribution in [1.82, 2.24) is 11.0 Å². The van der Waals surface area contributed by atoms with Gasteiger partial charge in [-0.2, -0.15) is 0 Å². The Labute approximate surface area is 734 Å². The summed E-state index contributed by atoms with van der Waals surface area (Å²) in [5, 5.41) is 43.4. The fourth-order valence-electron chi connectivity index (χ4n) is 12.6. The van der Waals surface area contributed by atoms with E-state index in [-0.39, 0.29) is 13.6 Å². The van der Waals surface area contributed by atoms with Crippen molar-refractivity contribution in [2.24, 2.45) is 0 Å². The minimum Gasteiger partial charge on any atom is -0.478 e. The molecule has 1 aliphatic heterocycles. The molecule has 2 amide bonds. The molecule has 0 bridgehead atoms. The minimum absolute atomic E-state index is 0. The van der Waals surface area contributed by atoms with Gasteiger partial charge in [-0.25, -0.2) is 35.0 Å². The third-order valence-electron chi connectivity index (χ3n) is 19.6. The summed E-state index contributed by atoms with van der Waals surface area (Å²) in [5.74, 6) is -4.23. The molecule has 1 fully saturated rings. The van der Waals surface area contributed by atoms with Crippen LogP contribution in [0.3, 0.4) is 0 Å². The maximum absolute atomic E-state index is 12.1. The van der Waals surface area contributed by atoms with Crippen LogP contribution in [0.1, 0.15) is 195 Å². The number of carboxylic acid groups (broad SMARTS) is 4. The summed E-state index contributed by atoms with van der Waals surface area (Å²) in [5.41, 5.74) is 20.5. The zero-order chi connectivity index (χ0) is 87.5. The maximum Gasteiger partial charge on any atom is 0.335 e. The second kappa shape index (κ2) is 58.9. The number of unbranched alkanes of at least 4 members (excludes halogenated alkanes) is 3. The van der Waals surface area contributed by atoms with E-state index in [2.05, 4.69) is 174 Å². The lowest BCUT2D eigenvalue weighted by Crippen LogP contribution is -2.33. The van der Waals surface area contributed by atoms with Crippen LogP contribution in [0.15, 0.2) is 363 Å². The van der Waals surface area contributed by atoms with Crippen LogP contribution in [0.4, 0.5) is 0 Å². The zero-order valence-corrected chi connectivity index (χ0v) is 71.4. The lowest BCUT2D eigenvalue weighted by Gasteiger charge is -2.22. The molecule has 13 rings (SSSR count). The van der Waals surface area contributed by atoms with E-state index in [1.54, 1.807) is 78.3 Å². The summed E-state index contributed by atoms with van der Waals surface area (Å²) < 4.78 is 6.32.